The third kappa shape index (κ3) is 4.22. The molecule has 0 saturated carbocycles. The number of likely N-dealkylation sites (tertiary alicyclic amines) is 1. The molecule has 0 bridgehead atoms. The van der Waals surface area contributed by atoms with Gasteiger partial charge in [-0.15, -0.1) is 0 Å². The molecule has 4 heterocycles. The van der Waals surface area contributed by atoms with Gasteiger partial charge in [0.05, 0.1) is 18.4 Å². The van der Waals surface area contributed by atoms with Crippen LogP contribution in [0.1, 0.15) is 42.0 Å². The normalized spacial score (nSPS) is 20.6. The molecule has 0 spiro atoms. The third-order valence-corrected chi connectivity index (χ3v) is 5.21. The van der Waals surface area contributed by atoms with Gasteiger partial charge in [-0.05, 0) is 57.0 Å². The second kappa shape index (κ2) is 7.82. The van der Waals surface area contributed by atoms with E-state index in [1.54, 1.807) is 0 Å². The average Bonchev–Trinajstić information content (AvgIpc) is 3.14. The number of aromatic nitrogens is 2. The van der Waals surface area contributed by atoms with Gasteiger partial charge in [-0.2, -0.15) is 0 Å². The van der Waals surface area contributed by atoms with E-state index in [-0.39, 0.29) is 12.1 Å². The fraction of sp³-hybridized carbons (Fsp3) is 0.524. The lowest BCUT2D eigenvalue weighted by molar-refractivity contribution is 0.0434. The molecule has 1 unspecified atom stereocenters. The first-order valence-electron chi connectivity index (χ1n) is 9.65. The maximum Gasteiger partial charge on any atom is 0.257 e. The van der Waals surface area contributed by atoms with E-state index >= 15 is 0 Å². The van der Waals surface area contributed by atoms with Crippen molar-refractivity contribution in [1.29, 1.82) is 0 Å². The molecule has 0 aliphatic carbocycles. The van der Waals surface area contributed by atoms with Crippen molar-refractivity contribution in [3.05, 3.63) is 46.9 Å². The summed E-state index contributed by atoms with van der Waals surface area (Å²) in [6.45, 7) is 9.95. The number of fused-ring (bicyclic) bond motifs is 1. The van der Waals surface area contributed by atoms with Crippen LogP contribution in [-0.2, 0) is 11.3 Å². The fourth-order valence-electron chi connectivity index (χ4n) is 3.83. The summed E-state index contributed by atoms with van der Waals surface area (Å²) in [6.07, 6.45) is 1.29. The Labute approximate surface area is 160 Å². The van der Waals surface area contributed by atoms with Gasteiger partial charge in [0.15, 0.2) is 5.75 Å². The van der Waals surface area contributed by atoms with Crippen LogP contribution in [0, 0.1) is 13.8 Å². The van der Waals surface area contributed by atoms with Crippen LogP contribution in [0.15, 0.2) is 24.3 Å². The first kappa shape index (κ1) is 18.2. The number of hydrogen-bond donors (Lipinski definition) is 0. The number of hydrogen-bond acceptors (Lipinski definition) is 6. The summed E-state index contributed by atoms with van der Waals surface area (Å²) >= 11 is 0. The van der Waals surface area contributed by atoms with E-state index in [9.17, 15) is 0 Å². The van der Waals surface area contributed by atoms with E-state index in [0.29, 0.717) is 25.7 Å². The summed E-state index contributed by atoms with van der Waals surface area (Å²) in [6, 6.07) is 8.42. The Morgan fingerprint density at radius 2 is 1.93 bits per heavy atom. The molecule has 6 nitrogen and oxygen atoms in total. The number of rotatable bonds is 5. The molecule has 27 heavy (non-hydrogen) atoms. The average molecular weight is 369 g/mol. The standard InChI is InChI=1S/C21H27N3O3/c1-14-10-17(11-15(2)22-14)13-27-18-6-7-24(12-18)16(3)19-4-5-20-21(23-19)26-9-8-25-20/h4-5,10-11,16,18H,6-9,12-13H2,1-3H3/t16?,18-/m1/s1. The number of nitrogens with zero attached hydrogens (tertiary/aromatic N) is 3. The minimum absolute atomic E-state index is 0.222. The fourth-order valence-corrected chi connectivity index (χ4v) is 3.83. The lowest BCUT2D eigenvalue weighted by Crippen LogP contribution is -2.27. The van der Waals surface area contributed by atoms with Gasteiger partial charge in [0.2, 0.25) is 0 Å². The van der Waals surface area contributed by atoms with Crippen molar-refractivity contribution in [1.82, 2.24) is 14.9 Å². The molecule has 0 aromatic carbocycles. The van der Waals surface area contributed by atoms with Crippen molar-refractivity contribution < 1.29 is 14.2 Å². The van der Waals surface area contributed by atoms with Crippen LogP contribution in [0.5, 0.6) is 11.6 Å². The topological polar surface area (TPSA) is 56.7 Å². The molecule has 0 N–H and O–H groups in total. The van der Waals surface area contributed by atoms with Crippen LogP contribution < -0.4 is 9.47 Å². The van der Waals surface area contributed by atoms with Crippen molar-refractivity contribution in [3.8, 4) is 11.6 Å². The molecular weight excluding hydrogens is 342 g/mol. The number of ether oxygens (including phenoxy) is 3. The smallest absolute Gasteiger partial charge is 0.257 e. The quantitative estimate of drug-likeness (QED) is 0.807. The Bertz CT molecular complexity index is 791. The molecule has 4 rings (SSSR count). The SMILES string of the molecule is Cc1cc(CO[C@@H]2CCN(C(C)c3ccc4c(n3)OCCO4)C2)cc(C)n1. The van der Waals surface area contributed by atoms with Gasteiger partial charge in [-0.3, -0.25) is 9.88 Å². The zero-order valence-electron chi connectivity index (χ0n) is 16.3. The second-order valence-electron chi connectivity index (χ2n) is 7.39. The van der Waals surface area contributed by atoms with Crippen molar-refractivity contribution in [2.24, 2.45) is 0 Å². The molecule has 2 aromatic heterocycles. The van der Waals surface area contributed by atoms with Crippen molar-refractivity contribution >= 4 is 0 Å². The summed E-state index contributed by atoms with van der Waals surface area (Å²) in [5.41, 5.74) is 4.29. The molecule has 6 heteroatoms. The maximum absolute atomic E-state index is 6.17. The summed E-state index contributed by atoms with van der Waals surface area (Å²) in [4.78, 5) is 11.5. The lowest BCUT2D eigenvalue weighted by atomic mass is 10.2. The zero-order valence-corrected chi connectivity index (χ0v) is 16.3. The predicted molar refractivity (Wildman–Crippen MR) is 102 cm³/mol. The molecule has 2 atom stereocenters. The lowest BCUT2D eigenvalue weighted by Gasteiger charge is -2.25. The molecule has 0 radical (unpaired) electrons. The minimum atomic E-state index is 0.222. The highest BCUT2D eigenvalue weighted by Gasteiger charge is 2.29. The van der Waals surface area contributed by atoms with Crippen LogP contribution >= 0.6 is 0 Å². The molecule has 1 fully saturated rings. The molecule has 0 amide bonds. The van der Waals surface area contributed by atoms with Crippen LogP contribution in [0.3, 0.4) is 0 Å². The summed E-state index contributed by atoms with van der Waals surface area (Å²) in [5, 5.41) is 0. The molecule has 1 saturated heterocycles. The monoisotopic (exact) mass is 369 g/mol. The zero-order chi connectivity index (χ0) is 18.8. The highest BCUT2D eigenvalue weighted by atomic mass is 16.6. The minimum Gasteiger partial charge on any atom is -0.484 e. The van der Waals surface area contributed by atoms with Crippen LogP contribution in [0.25, 0.3) is 0 Å². The van der Waals surface area contributed by atoms with Gasteiger partial charge < -0.3 is 14.2 Å². The van der Waals surface area contributed by atoms with E-state index in [2.05, 4.69) is 33.9 Å². The highest BCUT2D eigenvalue weighted by Crippen LogP contribution is 2.32. The number of pyridine rings is 2. The van der Waals surface area contributed by atoms with Crippen molar-refractivity contribution in [2.45, 2.75) is 45.9 Å². The van der Waals surface area contributed by atoms with Crippen molar-refractivity contribution in [3.63, 3.8) is 0 Å². The van der Waals surface area contributed by atoms with Gasteiger partial charge in [0.25, 0.3) is 5.88 Å². The van der Waals surface area contributed by atoms with Gasteiger partial charge in [-0.1, -0.05) is 0 Å². The summed E-state index contributed by atoms with van der Waals surface area (Å²) in [7, 11) is 0. The highest BCUT2D eigenvalue weighted by molar-refractivity contribution is 5.36. The van der Waals surface area contributed by atoms with Crippen molar-refractivity contribution in [2.75, 3.05) is 26.3 Å². The first-order chi connectivity index (χ1) is 13.1. The molecule has 2 aliphatic heterocycles. The van der Waals surface area contributed by atoms with Gasteiger partial charge in [0.1, 0.15) is 13.2 Å². The van der Waals surface area contributed by atoms with E-state index < -0.39 is 0 Å². The molecule has 2 aliphatic rings. The van der Waals surface area contributed by atoms with E-state index in [1.165, 1.54) is 5.56 Å². The molecule has 2 aromatic rings. The maximum atomic E-state index is 6.17. The summed E-state index contributed by atoms with van der Waals surface area (Å²) < 4.78 is 17.4. The molecular formula is C21H27N3O3. The largest absolute Gasteiger partial charge is 0.484 e. The third-order valence-electron chi connectivity index (χ3n) is 5.21. The Hall–Kier alpha value is -2.18. The number of aryl methyl sites for hydroxylation is 2. The second-order valence-corrected chi connectivity index (χ2v) is 7.39. The van der Waals surface area contributed by atoms with Gasteiger partial charge >= 0.3 is 0 Å². The van der Waals surface area contributed by atoms with Crippen LogP contribution in [-0.4, -0.2) is 47.3 Å². The summed E-state index contributed by atoms with van der Waals surface area (Å²) in [5.74, 6) is 1.35. The Morgan fingerprint density at radius 3 is 2.74 bits per heavy atom. The van der Waals surface area contributed by atoms with E-state index in [0.717, 1.165) is 42.3 Å². The Morgan fingerprint density at radius 1 is 1.15 bits per heavy atom. The van der Waals surface area contributed by atoms with E-state index in [1.807, 2.05) is 26.0 Å². The van der Waals surface area contributed by atoms with Crippen LogP contribution in [0.2, 0.25) is 0 Å². The first-order valence-corrected chi connectivity index (χ1v) is 9.65. The van der Waals surface area contributed by atoms with Gasteiger partial charge in [-0.25, -0.2) is 4.98 Å². The Balaban J connectivity index is 1.34. The van der Waals surface area contributed by atoms with E-state index in [4.69, 9.17) is 14.2 Å². The van der Waals surface area contributed by atoms with Gasteiger partial charge in [0, 0.05) is 30.5 Å². The van der Waals surface area contributed by atoms with Crippen LogP contribution in [0.4, 0.5) is 0 Å². The Kier molecular flexibility index (Phi) is 5.27. The predicted octanol–water partition coefficient (Wildman–Crippen LogP) is 3.22. The molecule has 144 valence electrons.